The fourth-order valence-electron chi connectivity index (χ4n) is 2.47. The maximum absolute atomic E-state index is 12.2. The molecule has 1 aromatic rings. The maximum Gasteiger partial charge on any atom is 0.239 e. The van der Waals surface area contributed by atoms with Crippen molar-refractivity contribution >= 4 is 5.91 Å². The first-order valence-corrected chi connectivity index (χ1v) is 7.25. The van der Waals surface area contributed by atoms with Gasteiger partial charge < -0.3 is 14.8 Å². The van der Waals surface area contributed by atoms with Gasteiger partial charge in [0.05, 0.1) is 12.4 Å². The lowest BCUT2D eigenvalue weighted by molar-refractivity contribution is -0.133. The molecule has 1 atom stereocenters. The first kappa shape index (κ1) is 14.1. The first-order valence-electron chi connectivity index (χ1n) is 7.25. The molecule has 1 unspecified atom stereocenters. The summed E-state index contributed by atoms with van der Waals surface area (Å²) in [6.07, 6.45) is 10.1. The van der Waals surface area contributed by atoms with Crippen molar-refractivity contribution in [2.24, 2.45) is 0 Å². The van der Waals surface area contributed by atoms with E-state index < -0.39 is 0 Å². The summed E-state index contributed by atoms with van der Waals surface area (Å²) in [5.41, 5.74) is 0. The third kappa shape index (κ3) is 4.35. The third-order valence-corrected chi connectivity index (χ3v) is 3.64. The molecule has 0 spiro atoms. The van der Waals surface area contributed by atoms with Gasteiger partial charge in [0, 0.05) is 32.0 Å². The number of hydrogen-bond donors (Lipinski definition) is 1. The summed E-state index contributed by atoms with van der Waals surface area (Å²) in [5, 5.41) is 3.32. The van der Waals surface area contributed by atoms with Gasteiger partial charge in [-0.2, -0.15) is 0 Å². The minimum absolute atomic E-state index is 0.0686. The molecule has 106 valence electrons. The lowest BCUT2D eigenvalue weighted by Gasteiger charge is -2.29. The van der Waals surface area contributed by atoms with E-state index in [1.165, 1.54) is 6.42 Å². The smallest absolute Gasteiger partial charge is 0.239 e. The number of likely N-dealkylation sites (tertiary alicyclic amines) is 1. The zero-order valence-electron chi connectivity index (χ0n) is 11.7. The van der Waals surface area contributed by atoms with Crippen LogP contribution in [0.3, 0.4) is 0 Å². The Bertz CT molecular complexity index is 371. The molecule has 0 aromatic carbocycles. The van der Waals surface area contributed by atoms with Crippen LogP contribution in [0.1, 0.15) is 32.6 Å². The average molecular weight is 264 g/mol. The van der Waals surface area contributed by atoms with E-state index >= 15 is 0 Å². The van der Waals surface area contributed by atoms with Crippen molar-refractivity contribution < 1.29 is 4.79 Å². The van der Waals surface area contributed by atoms with E-state index in [0.29, 0.717) is 0 Å². The van der Waals surface area contributed by atoms with E-state index in [0.717, 1.165) is 45.4 Å². The molecule has 2 heterocycles. The SMILES string of the molecule is CC(NCCCn1ccnc1)C(=O)N1CCCCC1. The van der Waals surface area contributed by atoms with Crippen LogP contribution in [0.15, 0.2) is 18.7 Å². The number of imidazole rings is 1. The quantitative estimate of drug-likeness (QED) is 0.787. The van der Waals surface area contributed by atoms with E-state index in [2.05, 4.69) is 14.9 Å². The Morgan fingerprint density at radius 1 is 1.37 bits per heavy atom. The van der Waals surface area contributed by atoms with Crippen LogP contribution in [0.5, 0.6) is 0 Å². The highest BCUT2D eigenvalue weighted by molar-refractivity contribution is 5.81. The Balaban J connectivity index is 1.63. The van der Waals surface area contributed by atoms with E-state index in [9.17, 15) is 4.79 Å². The van der Waals surface area contributed by atoms with Gasteiger partial charge in [-0.05, 0) is 39.2 Å². The van der Waals surface area contributed by atoms with Crippen LogP contribution in [0.2, 0.25) is 0 Å². The summed E-state index contributed by atoms with van der Waals surface area (Å²) in [5.74, 6) is 0.252. The molecule has 1 aliphatic rings. The minimum Gasteiger partial charge on any atom is -0.341 e. The molecule has 0 saturated carbocycles. The zero-order valence-corrected chi connectivity index (χ0v) is 11.7. The van der Waals surface area contributed by atoms with Gasteiger partial charge in [0.25, 0.3) is 0 Å². The van der Waals surface area contributed by atoms with Crippen LogP contribution in [0, 0.1) is 0 Å². The fraction of sp³-hybridized carbons (Fsp3) is 0.714. The second-order valence-electron chi connectivity index (χ2n) is 5.22. The number of rotatable bonds is 6. The van der Waals surface area contributed by atoms with Gasteiger partial charge in [0.15, 0.2) is 0 Å². The number of amides is 1. The van der Waals surface area contributed by atoms with Gasteiger partial charge >= 0.3 is 0 Å². The number of aromatic nitrogens is 2. The Morgan fingerprint density at radius 2 is 2.16 bits per heavy atom. The molecule has 2 rings (SSSR count). The average Bonchev–Trinajstić information content (AvgIpc) is 2.96. The van der Waals surface area contributed by atoms with Gasteiger partial charge in [-0.3, -0.25) is 4.79 Å². The number of hydrogen-bond acceptors (Lipinski definition) is 3. The topological polar surface area (TPSA) is 50.2 Å². The van der Waals surface area contributed by atoms with E-state index in [1.54, 1.807) is 6.20 Å². The van der Waals surface area contributed by atoms with Crippen molar-refractivity contribution in [3.8, 4) is 0 Å². The highest BCUT2D eigenvalue weighted by Gasteiger charge is 2.21. The molecule has 0 radical (unpaired) electrons. The Hall–Kier alpha value is -1.36. The van der Waals surface area contributed by atoms with Gasteiger partial charge in [-0.15, -0.1) is 0 Å². The molecule has 1 amide bonds. The monoisotopic (exact) mass is 264 g/mol. The number of nitrogens with one attached hydrogen (secondary N) is 1. The second kappa shape index (κ2) is 7.28. The Morgan fingerprint density at radius 3 is 2.84 bits per heavy atom. The number of nitrogens with zero attached hydrogens (tertiary/aromatic N) is 3. The number of piperidine rings is 1. The predicted octanol–water partition coefficient (Wildman–Crippen LogP) is 1.26. The largest absolute Gasteiger partial charge is 0.341 e. The third-order valence-electron chi connectivity index (χ3n) is 3.64. The molecular weight excluding hydrogens is 240 g/mol. The minimum atomic E-state index is -0.0686. The molecule has 1 aliphatic heterocycles. The summed E-state index contributed by atoms with van der Waals surface area (Å²) in [7, 11) is 0. The molecule has 1 saturated heterocycles. The van der Waals surface area contributed by atoms with Crippen LogP contribution in [-0.4, -0.2) is 46.0 Å². The van der Waals surface area contributed by atoms with Crippen LogP contribution in [0.4, 0.5) is 0 Å². The summed E-state index contributed by atoms with van der Waals surface area (Å²) < 4.78 is 2.05. The highest BCUT2D eigenvalue weighted by Crippen LogP contribution is 2.09. The zero-order chi connectivity index (χ0) is 13.5. The van der Waals surface area contributed by atoms with Crippen molar-refractivity contribution in [3.05, 3.63) is 18.7 Å². The highest BCUT2D eigenvalue weighted by atomic mass is 16.2. The first-order chi connectivity index (χ1) is 9.27. The van der Waals surface area contributed by atoms with Crippen LogP contribution < -0.4 is 5.32 Å². The van der Waals surface area contributed by atoms with E-state index in [-0.39, 0.29) is 11.9 Å². The van der Waals surface area contributed by atoms with Gasteiger partial charge in [-0.25, -0.2) is 4.98 Å². The number of aryl methyl sites for hydroxylation is 1. The Labute approximate surface area is 115 Å². The normalized spacial score (nSPS) is 17.4. The second-order valence-corrected chi connectivity index (χ2v) is 5.22. The summed E-state index contributed by atoms with van der Waals surface area (Å²) >= 11 is 0. The number of carbonyl (C=O) groups excluding carboxylic acids is 1. The lowest BCUT2D eigenvalue weighted by Crippen LogP contribution is -2.47. The molecule has 5 nitrogen and oxygen atoms in total. The summed E-state index contributed by atoms with van der Waals surface area (Å²) in [4.78, 5) is 18.2. The fourth-order valence-corrected chi connectivity index (χ4v) is 2.47. The summed E-state index contributed by atoms with van der Waals surface area (Å²) in [6, 6.07) is -0.0686. The molecule has 0 bridgehead atoms. The Kier molecular flexibility index (Phi) is 5.39. The van der Waals surface area contributed by atoms with Crippen LogP contribution in [0.25, 0.3) is 0 Å². The van der Waals surface area contributed by atoms with Crippen LogP contribution >= 0.6 is 0 Å². The van der Waals surface area contributed by atoms with Gasteiger partial charge in [0.2, 0.25) is 5.91 Å². The molecule has 1 N–H and O–H groups in total. The maximum atomic E-state index is 12.2. The van der Waals surface area contributed by atoms with Crippen molar-refractivity contribution in [3.63, 3.8) is 0 Å². The molecule has 1 aromatic heterocycles. The van der Waals surface area contributed by atoms with Crippen molar-refractivity contribution in [1.29, 1.82) is 0 Å². The predicted molar refractivity (Wildman–Crippen MR) is 74.7 cm³/mol. The van der Waals surface area contributed by atoms with Gasteiger partial charge in [0.1, 0.15) is 0 Å². The summed E-state index contributed by atoms with van der Waals surface area (Å²) in [6.45, 7) is 5.63. The molecule has 19 heavy (non-hydrogen) atoms. The van der Waals surface area contributed by atoms with Crippen LogP contribution in [-0.2, 0) is 11.3 Å². The van der Waals surface area contributed by atoms with Gasteiger partial charge in [-0.1, -0.05) is 0 Å². The van der Waals surface area contributed by atoms with Crippen molar-refractivity contribution in [1.82, 2.24) is 19.8 Å². The van der Waals surface area contributed by atoms with E-state index in [1.807, 2.05) is 24.3 Å². The molecule has 0 aliphatic carbocycles. The lowest BCUT2D eigenvalue weighted by atomic mass is 10.1. The molecule has 1 fully saturated rings. The number of carbonyl (C=O) groups is 1. The van der Waals surface area contributed by atoms with Crippen molar-refractivity contribution in [2.45, 2.75) is 45.2 Å². The standard InChI is InChI=1S/C14H24N4O/c1-13(14(19)18-9-3-2-4-10-18)16-6-5-8-17-11-7-15-12-17/h7,11-13,16H,2-6,8-10H2,1H3. The molecular formula is C14H24N4O. The molecule has 5 heteroatoms. The van der Waals surface area contributed by atoms with E-state index in [4.69, 9.17) is 0 Å². The van der Waals surface area contributed by atoms with Crippen molar-refractivity contribution in [2.75, 3.05) is 19.6 Å².